The van der Waals surface area contributed by atoms with Crippen LogP contribution < -0.4 is 19.1 Å². The fraction of sp³-hybridized carbons (Fsp3) is 0.316. The lowest BCUT2D eigenvalue weighted by Gasteiger charge is -2.35. The van der Waals surface area contributed by atoms with Crippen molar-refractivity contribution in [3.63, 3.8) is 0 Å². The molecule has 1 atom stereocenters. The molecule has 0 radical (unpaired) electrons. The molecule has 254 valence electrons. The van der Waals surface area contributed by atoms with Gasteiger partial charge in [-0.25, -0.2) is 8.42 Å². The first-order valence-corrected chi connectivity index (χ1v) is 17.2. The van der Waals surface area contributed by atoms with Crippen LogP contribution in [0, 0.1) is 13.8 Å². The van der Waals surface area contributed by atoms with Gasteiger partial charge in [0.1, 0.15) is 12.6 Å². The third-order valence-electron chi connectivity index (χ3n) is 7.75. The Bertz CT molecular complexity index is 1820. The van der Waals surface area contributed by atoms with Crippen LogP contribution in [0.15, 0.2) is 102 Å². The van der Waals surface area contributed by atoms with Crippen LogP contribution in [0.1, 0.15) is 43.0 Å². The maximum absolute atomic E-state index is 14.7. The van der Waals surface area contributed by atoms with Crippen LogP contribution in [0.3, 0.4) is 0 Å². The quantitative estimate of drug-likeness (QED) is 0.185. The summed E-state index contributed by atoms with van der Waals surface area (Å²) in [6.07, 6.45) is 0.229. The summed E-state index contributed by atoms with van der Waals surface area (Å²) in [5.41, 5.74) is 3.33. The molecule has 0 saturated heterocycles. The zero-order chi connectivity index (χ0) is 35.1. The lowest BCUT2D eigenvalue weighted by molar-refractivity contribution is -0.140. The van der Waals surface area contributed by atoms with Crippen molar-refractivity contribution in [1.82, 2.24) is 10.2 Å². The van der Waals surface area contributed by atoms with E-state index in [1.807, 2.05) is 89.2 Å². The molecule has 2 amide bonds. The topological polar surface area (TPSA) is 105 Å². The smallest absolute Gasteiger partial charge is 0.264 e. The number of carbonyl (C=O) groups is 2. The monoisotopic (exact) mass is 671 g/mol. The summed E-state index contributed by atoms with van der Waals surface area (Å²) in [6, 6.07) is 27.5. The number of rotatable bonds is 13. The molecule has 1 N–H and O–H groups in total. The van der Waals surface area contributed by atoms with E-state index in [2.05, 4.69) is 5.32 Å². The van der Waals surface area contributed by atoms with E-state index >= 15 is 0 Å². The first-order chi connectivity index (χ1) is 22.7. The summed E-state index contributed by atoms with van der Waals surface area (Å²) in [5, 5.41) is 3.05. The predicted molar refractivity (Wildman–Crippen MR) is 189 cm³/mol. The minimum Gasteiger partial charge on any atom is -0.493 e. The van der Waals surface area contributed by atoms with Crippen molar-refractivity contribution >= 4 is 27.5 Å². The molecule has 9 nitrogen and oxygen atoms in total. The number of nitrogens with one attached hydrogen (secondary N) is 1. The van der Waals surface area contributed by atoms with Gasteiger partial charge in [0, 0.05) is 24.6 Å². The van der Waals surface area contributed by atoms with Gasteiger partial charge in [-0.15, -0.1) is 0 Å². The van der Waals surface area contributed by atoms with Gasteiger partial charge in [-0.1, -0.05) is 77.9 Å². The second-order valence-corrected chi connectivity index (χ2v) is 14.7. The van der Waals surface area contributed by atoms with Crippen LogP contribution in [-0.2, 0) is 32.6 Å². The van der Waals surface area contributed by atoms with Crippen molar-refractivity contribution in [1.29, 1.82) is 0 Å². The Morgan fingerprint density at radius 3 is 2.02 bits per heavy atom. The van der Waals surface area contributed by atoms with E-state index in [1.54, 1.807) is 24.3 Å². The lowest BCUT2D eigenvalue weighted by atomic mass is 10.0. The number of benzene rings is 4. The van der Waals surface area contributed by atoms with Gasteiger partial charge in [-0.05, 0) is 70.0 Å². The predicted octanol–water partition coefficient (Wildman–Crippen LogP) is 6.07. The Hall–Kier alpha value is -4.83. The molecule has 10 heteroatoms. The molecule has 0 heterocycles. The van der Waals surface area contributed by atoms with Crippen LogP contribution in [0.5, 0.6) is 11.5 Å². The third-order valence-corrected chi connectivity index (χ3v) is 9.52. The number of aryl methyl sites for hydroxylation is 2. The van der Waals surface area contributed by atoms with Crippen molar-refractivity contribution in [3.8, 4) is 11.5 Å². The fourth-order valence-electron chi connectivity index (χ4n) is 5.36. The number of anilines is 1. The van der Waals surface area contributed by atoms with Gasteiger partial charge in [-0.2, -0.15) is 0 Å². The molecule has 0 saturated carbocycles. The zero-order valence-electron chi connectivity index (χ0n) is 28.7. The van der Waals surface area contributed by atoms with E-state index in [0.29, 0.717) is 11.4 Å². The molecule has 0 unspecified atom stereocenters. The summed E-state index contributed by atoms with van der Waals surface area (Å²) >= 11 is 0. The molecule has 0 aromatic heterocycles. The Morgan fingerprint density at radius 2 is 1.42 bits per heavy atom. The van der Waals surface area contributed by atoms with Crippen LogP contribution in [0.4, 0.5) is 5.69 Å². The number of hydrogen-bond donors (Lipinski definition) is 1. The molecule has 0 aliphatic rings. The number of sulfonamides is 1. The second kappa shape index (κ2) is 15.4. The minimum absolute atomic E-state index is 0.0786. The molecule has 0 aliphatic heterocycles. The van der Waals surface area contributed by atoms with Gasteiger partial charge < -0.3 is 19.7 Å². The van der Waals surface area contributed by atoms with E-state index < -0.39 is 34.1 Å². The highest BCUT2D eigenvalue weighted by atomic mass is 32.2. The van der Waals surface area contributed by atoms with E-state index in [4.69, 9.17) is 9.47 Å². The summed E-state index contributed by atoms with van der Waals surface area (Å²) in [4.78, 5) is 30.1. The molecule has 0 spiro atoms. The average Bonchev–Trinajstić information content (AvgIpc) is 3.04. The molecule has 48 heavy (non-hydrogen) atoms. The Balaban J connectivity index is 1.84. The standard InChI is InChI=1S/C38H45N3O6S/c1-27-16-18-31(19-17-27)41(48(44,45)32-20-21-34(46-6)35(24-32)47-7)26-36(42)40(25-30-15-11-12-28(2)22-30)33(37(43)39-38(3,4)5)23-29-13-9-8-10-14-29/h8-22,24,33H,23,25-26H2,1-7H3,(H,39,43)/t33-/m0/s1. The SMILES string of the molecule is COc1ccc(S(=O)(=O)N(CC(=O)N(Cc2cccc(C)c2)[C@@H](Cc2ccccc2)C(=O)NC(C)(C)C)c2ccc(C)cc2)cc1OC. The highest BCUT2D eigenvalue weighted by Crippen LogP contribution is 2.32. The third kappa shape index (κ3) is 9.16. The molecule has 4 aromatic rings. The van der Waals surface area contributed by atoms with Gasteiger partial charge >= 0.3 is 0 Å². The van der Waals surface area contributed by atoms with Crippen LogP contribution in [0.25, 0.3) is 0 Å². The number of nitrogens with zero attached hydrogens (tertiary/aromatic N) is 2. The first-order valence-electron chi connectivity index (χ1n) is 15.7. The zero-order valence-corrected chi connectivity index (χ0v) is 29.5. The van der Waals surface area contributed by atoms with Crippen LogP contribution in [-0.4, -0.2) is 57.5 Å². The van der Waals surface area contributed by atoms with E-state index in [0.717, 1.165) is 26.6 Å². The molecular formula is C38H45N3O6S. The van der Waals surface area contributed by atoms with Gasteiger partial charge in [0.25, 0.3) is 10.0 Å². The van der Waals surface area contributed by atoms with E-state index in [-0.39, 0.29) is 29.5 Å². The fourth-order valence-corrected chi connectivity index (χ4v) is 6.79. The van der Waals surface area contributed by atoms with Crippen molar-refractivity contribution in [3.05, 3.63) is 119 Å². The highest BCUT2D eigenvalue weighted by molar-refractivity contribution is 7.92. The number of carbonyl (C=O) groups excluding carboxylic acids is 2. The molecule has 0 bridgehead atoms. The summed E-state index contributed by atoms with van der Waals surface area (Å²) in [7, 11) is -1.43. The molecule has 0 fully saturated rings. The van der Waals surface area contributed by atoms with Gasteiger partial charge in [0.2, 0.25) is 11.8 Å². The van der Waals surface area contributed by atoms with E-state index in [9.17, 15) is 18.0 Å². The molecular weight excluding hydrogens is 627 g/mol. The number of ether oxygens (including phenoxy) is 2. The Labute approximate surface area is 284 Å². The minimum atomic E-state index is -4.32. The largest absolute Gasteiger partial charge is 0.493 e. The van der Waals surface area contributed by atoms with Crippen molar-refractivity contribution in [2.75, 3.05) is 25.1 Å². The van der Waals surface area contributed by atoms with E-state index in [1.165, 1.54) is 37.3 Å². The summed E-state index contributed by atoms with van der Waals surface area (Å²) in [5.74, 6) is -0.271. The Kier molecular flexibility index (Phi) is 11.5. The van der Waals surface area contributed by atoms with Crippen molar-refractivity contribution in [2.45, 2.75) is 64.1 Å². The van der Waals surface area contributed by atoms with Gasteiger partial charge in [-0.3, -0.25) is 13.9 Å². The summed E-state index contributed by atoms with van der Waals surface area (Å²) < 4.78 is 40.6. The molecule has 4 rings (SSSR count). The lowest BCUT2D eigenvalue weighted by Crippen LogP contribution is -2.56. The first kappa shape index (κ1) is 36.0. The highest BCUT2D eigenvalue weighted by Gasteiger charge is 2.36. The average molecular weight is 672 g/mol. The van der Waals surface area contributed by atoms with Crippen LogP contribution >= 0.6 is 0 Å². The summed E-state index contributed by atoms with van der Waals surface area (Å²) in [6.45, 7) is 9.03. The Morgan fingerprint density at radius 1 is 0.771 bits per heavy atom. The normalized spacial score (nSPS) is 12.1. The van der Waals surface area contributed by atoms with Gasteiger partial charge in [0.05, 0.1) is 24.8 Å². The van der Waals surface area contributed by atoms with Crippen molar-refractivity contribution in [2.24, 2.45) is 0 Å². The number of amides is 2. The molecule has 0 aliphatic carbocycles. The number of methoxy groups -OCH3 is 2. The van der Waals surface area contributed by atoms with Crippen LogP contribution in [0.2, 0.25) is 0 Å². The number of hydrogen-bond acceptors (Lipinski definition) is 6. The second-order valence-electron chi connectivity index (χ2n) is 12.8. The van der Waals surface area contributed by atoms with Gasteiger partial charge in [0.15, 0.2) is 11.5 Å². The molecule has 4 aromatic carbocycles. The maximum Gasteiger partial charge on any atom is 0.264 e. The maximum atomic E-state index is 14.7. The van der Waals surface area contributed by atoms with Crippen molar-refractivity contribution < 1.29 is 27.5 Å².